The van der Waals surface area contributed by atoms with Gasteiger partial charge in [-0.05, 0) is 36.8 Å². The molecule has 6 nitrogen and oxygen atoms in total. The second kappa shape index (κ2) is 9.29. The van der Waals surface area contributed by atoms with Crippen LogP contribution in [0.25, 0.3) is 0 Å². The fourth-order valence-corrected chi connectivity index (χ4v) is 2.91. The van der Waals surface area contributed by atoms with Crippen LogP contribution in [0, 0.1) is 0 Å². The summed E-state index contributed by atoms with van der Waals surface area (Å²) in [7, 11) is 0. The number of halogens is 1. The maximum absolute atomic E-state index is 6.28. The van der Waals surface area contributed by atoms with E-state index in [-0.39, 0.29) is 0 Å². The Balaban J connectivity index is 1.61. The predicted octanol–water partition coefficient (Wildman–Crippen LogP) is 2.80. The number of benzene rings is 1. The van der Waals surface area contributed by atoms with Crippen molar-refractivity contribution in [3.63, 3.8) is 0 Å². The van der Waals surface area contributed by atoms with Crippen LogP contribution in [0.4, 0.5) is 0 Å². The van der Waals surface area contributed by atoms with Crippen LogP contribution >= 0.6 is 11.6 Å². The highest BCUT2D eigenvalue weighted by molar-refractivity contribution is 6.32. The standard InChI is InChI=1S/C19H23ClN4O2/c1-2-21-19(23-8-6-15-5-3-4-7-22-15)24-13-14-11-16(20)18-17(12-14)25-9-10-26-18/h3-5,7,11-12H,2,6,8-10,13H2,1H3,(H2,21,23,24). The zero-order valence-corrected chi connectivity index (χ0v) is 15.6. The molecule has 7 heteroatoms. The maximum Gasteiger partial charge on any atom is 0.191 e. The van der Waals surface area contributed by atoms with Gasteiger partial charge in [0.1, 0.15) is 13.2 Å². The third-order valence-corrected chi connectivity index (χ3v) is 4.10. The van der Waals surface area contributed by atoms with E-state index in [0.717, 1.165) is 36.7 Å². The monoisotopic (exact) mass is 374 g/mol. The molecular weight excluding hydrogens is 352 g/mol. The Labute approximate surface area is 158 Å². The van der Waals surface area contributed by atoms with Crippen LogP contribution in [-0.2, 0) is 13.0 Å². The van der Waals surface area contributed by atoms with Crippen LogP contribution in [0.3, 0.4) is 0 Å². The van der Waals surface area contributed by atoms with E-state index in [1.165, 1.54) is 0 Å². The average molecular weight is 375 g/mol. The summed E-state index contributed by atoms with van der Waals surface area (Å²) in [5, 5.41) is 7.13. The zero-order valence-electron chi connectivity index (χ0n) is 14.8. The first-order valence-electron chi connectivity index (χ1n) is 8.76. The van der Waals surface area contributed by atoms with Gasteiger partial charge in [-0.2, -0.15) is 0 Å². The minimum absolute atomic E-state index is 0.495. The molecule has 0 saturated heterocycles. The topological polar surface area (TPSA) is 67.8 Å². The quantitative estimate of drug-likeness (QED) is 0.601. The molecule has 1 aromatic carbocycles. The second-order valence-electron chi connectivity index (χ2n) is 5.79. The SMILES string of the molecule is CCNC(=NCc1cc(Cl)c2c(c1)OCCO2)NCCc1ccccn1. The molecule has 2 N–H and O–H groups in total. The normalized spacial score (nSPS) is 13.4. The van der Waals surface area contributed by atoms with Gasteiger partial charge in [-0.25, -0.2) is 4.99 Å². The minimum atomic E-state index is 0.495. The Morgan fingerprint density at radius 3 is 2.92 bits per heavy atom. The Bertz CT molecular complexity index is 753. The molecule has 1 aliphatic heterocycles. The number of fused-ring (bicyclic) bond motifs is 1. The van der Waals surface area contributed by atoms with Gasteiger partial charge in [0.05, 0.1) is 11.6 Å². The minimum Gasteiger partial charge on any atom is -0.486 e. The first-order valence-corrected chi connectivity index (χ1v) is 9.14. The third-order valence-electron chi connectivity index (χ3n) is 3.82. The van der Waals surface area contributed by atoms with Crippen molar-refractivity contribution in [2.24, 2.45) is 4.99 Å². The van der Waals surface area contributed by atoms with Gasteiger partial charge in [0.15, 0.2) is 17.5 Å². The van der Waals surface area contributed by atoms with Crippen LogP contribution in [0.2, 0.25) is 5.02 Å². The van der Waals surface area contributed by atoms with Gasteiger partial charge >= 0.3 is 0 Å². The number of pyridine rings is 1. The molecule has 26 heavy (non-hydrogen) atoms. The largest absolute Gasteiger partial charge is 0.486 e. The summed E-state index contributed by atoms with van der Waals surface area (Å²) in [6.07, 6.45) is 2.64. The van der Waals surface area contributed by atoms with Gasteiger partial charge in [0, 0.05) is 31.4 Å². The van der Waals surface area contributed by atoms with Gasteiger partial charge in [-0.15, -0.1) is 0 Å². The summed E-state index contributed by atoms with van der Waals surface area (Å²) in [6, 6.07) is 9.73. The molecule has 0 spiro atoms. The Morgan fingerprint density at radius 1 is 1.23 bits per heavy atom. The Hall–Kier alpha value is -2.47. The molecule has 1 aliphatic rings. The first kappa shape index (κ1) is 18.3. The number of nitrogens with one attached hydrogen (secondary N) is 2. The molecule has 0 saturated carbocycles. The highest BCUT2D eigenvalue weighted by atomic mass is 35.5. The number of rotatable bonds is 6. The van der Waals surface area contributed by atoms with Gasteiger partial charge in [0.25, 0.3) is 0 Å². The lowest BCUT2D eigenvalue weighted by Crippen LogP contribution is -2.38. The van der Waals surface area contributed by atoms with Crippen molar-refractivity contribution in [1.82, 2.24) is 15.6 Å². The highest BCUT2D eigenvalue weighted by Gasteiger charge is 2.16. The van der Waals surface area contributed by atoms with Crippen molar-refractivity contribution in [3.8, 4) is 11.5 Å². The molecule has 0 bridgehead atoms. The van der Waals surface area contributed by atoms with Crippen molar-refractivity contribution in [2.75, 3.05) is 26.3 Å². The second-order valence-corrected chi connectivity index (χ2v) is 6.20. The molecule has 0 radical (unpaired) electrons. The zero-order chi connectivity index (χ0) is 18.2. The van der Waals surface area contributed by atoms with Crippen LogP contribution in [0.15, 0.2) is 41.5 Å². The summed E-state index contributed by atoms with van der Waals surface area (Å²) < 4.78 is 11.2. The summed E-state index contributed by atoms with van der Waals surface area (Å²) in [5.41, 5.74) is 2.02. The molecule has 0 fully saturated rings. The van der Waals surface area contributed by atoms with E-state index in [4.69, 9.17) is 21.1 Å². The molecule has 0 amide bonds. The van der Waals surface area contributed by atoms with E-state index in [1.807, 2.05) is 37.3 Å². The van der Waals surface area contributed by atoms with Gasteiger partial charge in [-0.3, -0.25) is 4.98 Å². The lowest BCUT2D eigenvalue weighted by atomic mass is 10.2. The summed E-state index contributed by atoms with van der Waals surface area (Å²) >= 11 is 6.28. The lowest BCUT2D eigenvalue weighted by Gasteiger charge is -2.20. The summed E-state index contributed by atoms with van der Waals surface area (Å²) in [4.78, 5) is 8.95. The molecule has 1 aromatic heterocycles. The number of guanidine groups is 1. The fourth-order valence-electron chi connectivity index (χ4n) is 2.62. The van der Waals surface area contributed by atoms with Gasteiger partial charge < -0.3 is 20.1 Å². The predicted molar refractivity (Wildman–Crippen MR) is 103 cm³/mol. The van der Waals surface area contributed by atoms with E-state index < -0.39 is 0 Å². The lowest BCUT2D eigenvalue weighted by molar-refractivity contribution is 0.171. The van der Waals surface area contributed by atoms with Gasteiger partial charge in [-0.1, -0.05) is 17.7 Å². The number of ether oxygens (including phenoxy) is 2. The van der Waals surface area contributed by atoms with E-state index in [1.54, 1.807) is 6.20 Å². The molecular formula is C19H23ClN4O2. The average Bonchev–Trinajstić information content (AvgIpc) is 2.67. The Morgan fingerprint density at radius 2 is 2.12 bits per heavy atom. The summed E-state index contributed by atoms with van der Waals surface area (Å²) in [6.45, 7) is 5.14. The molecule has 0 atom stereocenters. The van der Waals surface area contributed by atoms with Crippen molar-refractivity contribution < 1.29 is 9.47 Å². The fraction of sp³-hybridized carbons (Fsp3) is 0.368. The number of aromatic nitrogens is 1. The van der Waals surface area contributed by atoms with Crippen molar-refractivity contribution in [3.05, 3.63) is 52.8 Å². The molecule has 138 valence electrons. The van der Waals surface area contributed by atoms with E-state index in [2.05, 4.69) is 20.6 Å². The van der Waals surface area contributed by atoms with Crippen molar-refractivity contribution >= 4 is 17.6 Å². The van der Waals surface area contributed by atoms with Crippen molar-refractivity contribution in [1.29, 1.82) is 0 Å². The van der Waals surface area contributed by atoms with Crippen LogP contribution < -0.4 is 20.1 Å². The van der Waals surface area contributed by atoms with Crippen LogP contribution in [0.1, 0.15) is 18.2 Å². The van der Waals surface area contributed by atoms with E-state index in [0.29, 0.717) is 36.3 Å². The molecule has 0 unspecified atom stereocenters. The third kappa shape index (κ3) is 5.02. The number of nitrogens with zero attached hydrogens (tertiary/aromatic N) is 2. The van der Waals surface area contributed by atoms with E-state index >= 15 is 0 Å². The molecule has 3 rings (SSSR count). The molecule has 0 aliphatic carbocycles. The molecule has 2 aromatic rings. The van der Waals surface area contributed by atoms with Crippen molar-refractivity contribution in [2.45, 2.75) is 19.9 Å². The molecule has 2 heterocycles. The number of aliphatic imine (C=N–C) groups is 1. The summed E-state index contributed by atoms with van der Waals surface area (Å²) in [5.74, 6) is 2.06. The van der Waals surface area contributed by atoms with Crippen LogP contribution in [0.5, 0.6) is 11.5 Å². The van der Waals surface area contributed by atoms with Crippen LogP contribution in [-0.4, -0.2) is 37.2 Å². The first-order chi connectivity index (χ1) is 12.8. The smallest absolute Gasteiger partial charge is 0.191 e. The van der Waals surface area contributed by atoms with Gasteiger partial charge in [0.2, 0.25) is 0 Å². The van der Waals surface area contributed by atoms with E-state index in [9.17, 15) is 0 Å². The maximum atomic E-state index is 6.28. The number of hydrogen-bond donors (Lipinski definition) is 2. The Kier molecular flexibility index (Phi) is 6.55. The highest BCUT2D eigenvalue weighted by Crippen LogP contribution is 2.38. The number of hydrogen-bond acceptors (Lipinski definition) is 4.